The first-order valence-electron chi connectivity index (χ1n) is 9.20. The lowest BCUT2D eigenvalue weighted by Gasteiger charge is -2.11. The number of benzene rings is 2. The molecule has 0 fully saturated rings. The zero-order valence-electron chi connectivity index (χ0n) is 16.4. The Labute approximate surface area is 168 Å². The van der Waals surface area contributed by atoms with Gasteiger partial charge in [-0.05, 0) is 47.9 Å². The fourth-order valence-corrected chi connectivity index (χ4v) is 2.35. The van der Waals surface area contributed by atoms with Gasteiger partial charge in [-0.1, -0.05) is 25.5 Å². The average Bonchev–Trinajstić information content (AvgIpc) is 2.72. The summed E-state index contributed by atoms with van der Waals surface area (Å²) in [5.74, 6) is -0.957. The average molecular weight is 401 g/mol. The van der Waals surface area contributed by atoms with E-state index in [1.807, 2.05) is 6.92 Å². The minimum absolute atomic E-state index is 0.185. The van der Waals surface area contributed by atoms with Crippen LogP contribution in [0.2, 0.25) is 0 Å². The molecular weight excluding hydrogens is 377 g/mol. The highest BCUT2D eigenvalue weighted by molar-refractivity contribution is 6.35. The minimum Gasteiger partial charge on any atom is -0.493 e. The van der Waals surface area contributed by atoms with Crippen molar-refractivity contribution in [3.05, 3.63) is 59.4 Å². The molecule has 0 aliphatic heterocycles. The van der Waals surface area contributed by atoms with Crippen LogP contribution in [-0.4, -0.2) is 31.7 Å². The molecule has 0 spiro atoms. The lowest BCUT2D eigenvalue weighted by atomic mass is 10.2. The fraction of sp³-hybridized carbons (Fsp3) is 0.286. The third-order valence-electron chi connectivity index (χ3n) is 3.87. The second-order valence-electron chi connectivity index (χ2n) is 6.14. The predicted molar refractivity (Wildman–Crippen MR) is 107 cm³/mol. The molecule has 0 bridgehead atoms. The molecule has 29 heavy (non-hydrogen) atoms. The number of hydrogen-bond acceptors (Lipinski definition) is 5. The summed E-state index contributed by atoms with van der Waals surface area (Å²) in [6.07, 6.45) is 3.11. The molecule has 2 N–H and O–H groups in total. The zero-order chi connectivity index (χ0) is 21.1. The van der Waals surface area contributed by atoms with Gasteiger partial charge in [0.2, 0.25) is 0 Å². The van der Waals surface area contributed by atoms with Crippen molar-refractivity contribution >= 4 is 18.0 Å². The summed E-state index contributed by atoms with van der Waals surface area (Å²) in [5.41, 5.74) is 3.50. The van der Waals surface area contributed by atoms with Crippen molar-refractivity contribution in [2.75, 3.05) is 13.7 Å². The lowest BCUT2D eigenvalue weighted by Crippen LogP contribution is -2.38. The van der Waals surface area contributed by atoms with Gasteiger partial charge in [0.1, 0.15) is 12.4 Å². The Morgan fingerprint density at radius 2 is 1.97 bits per heavy atom. The number of unbranched alkanes of at least 4 members (excludes halogenated alkanes) is 1. The molecule has 154 valence electrons. The van der Waals surface area contributed by atoms with Gasteiger partial charge in [0, 0.05) is 6.54 Å². The Kier molecular flexibility index (Phi) is 8.62. The maximum Gasteiger partial charge on any atom is 0.329 e. The van der Waals surface area contributed by atoms with Gasteiger partial charge in [-0.25, -0.2) is 9.82 Å². The van der Waals surface area contributed by atoms with Crippen molar-refractivity contribution in [3.63, 3.8) is 0 Å². The number of ether oxygens (including phenoxy) is 2. The molecule has 8 heteroatoms. The summed E-state index contributed by atoms with van der Waals surface area (Å²) >= 11 is 0. The highest BCUT2D eigenvalue weighted by atomic mass is 19.1. The topological polar surface area (TPSA) is 89.0 Å². The van der Waals surface area contributed by atoms with E-state index in [2.05, 4.69) is 15.8 Å². The zero-order valence-corrected chi connectivity index (χ0v) is 16.4. The highest BCUT2D eigenvalue weighted by Gasteiger charge is 2.11. The Hall–Kier alpha value is -3.42. The van der Waals surface area contributed by atoms with Gasteiger partial charge in [0.15, 0.2) is 11.5 Å². The minimum atomic E-state index is -0.834. The van der Waals surface area contributed by atoms with Crippen LogP contribution in [0.5, 0.6) is 11.5 Å². The number of carbonyl (C=O) groups is 2. The molecule has 2 aromatic carbocycles. The van der Waals surface area contributed by atoms with Crippen LogP contribution in [0.15, 0.2) is 47.6 Å². The van der Waals surface area contributed by atoms with E-state index < -0.39 is 11.8 Å². The quantitative estimate of drug-likeness (QED) is 0.293. The van der Waals surface area contributed by atoms with Crippen molar-refractivity contribution in [1.29, 1.82) is 0 Å². The van der Waals surface area contributed by atoms with E-state index in [4.69, 9.17) is 9.47 Å². The summed E-state index contributed by atoms with van der Waals surface area (Å²) in [7, 11) is 1.49. The Balaban J connectivity index is 1.92. The van der Waals surface area contributed by atoms with E-state index >= 15 is 0 Å². The molecule has 0 atom stereocenters. The molecule has 2 aromatic rings. The maximum absolute atomic E-state index is 13.2. The standard InChI is InChI=1S/C21H24FN3O4/c1-3-4-10-23-20(26)21(27)25-24-13-15-8-9-18(19(12-15)28-2)29-14-16-6-5-7-17(22)11-16/h5-9,11-13H,3-4,10,14H2,1-2H3,(H,23,26)(H,25,27)/b24-13-. The summed E-state index contributed by atoms with van der Waals surface area (Å²) in [5, 5.41) is 6.28. The SMILES string of the molecule is CCCCNC(=O)C(=O)N/N=C\c1ccc(OCc2cccc(F)c2)c(OC)c1. The van der Waals surface area contributed by atoms with E-state index in [1.165, 1.54) is 25.5 Å². The van der Waals surface area contributed by atoms with Crippen LogP contribution in [0.3, 0.4) is 0 Å². The van der Waals surface area contributed by atoms with Crippen LogP contribution in [0.4, 0.5) is 4.39 Å². The van der Waals surface area contributed by atoms with Gasteiger partial charge in [0.25, 0.3) is 0 Å². The molecule has 0 saturated heterocycles. The Bertz CT molecular complexity index is 871. The second kappa shape index (κ2) is 11.4. The third kappa shape index (κ3) is 7.25. The largest absolute Gasteiger partial charge is 0.493 e. The molecule has 7 nitrogen and oxygen atoms in total. The van der Waals surface area contributed by atoms with Crippen molar-refractivity contribution in [3.8, 4) is 11.5 Å². The van der Waals surface area contributed by atoms with Crippen LogP contribution >= 0.6 is 0 Å². The number of rotatable bonds is 9. The molecule has 2 rings (SSSR count). The summed E-state index contributed by atoms with van der Waals surface area (Å²) < 4.78 is 24.2. The Morgan fingerprint density at radius 1 is 1.14 bits per heavy atom. The van der Waals surface area contributed by atoms with Gasteiger partial charge < -0.3 is 14.8 Å². The number of amides is 2. The van der Waals surface area contributed by atoms with Crippen LogP contribution < -0.4 is 20.2 Å². The summed E-state index contributed by atoms with van der Waals surface area (Å²) in [6, 6.07) is 11.2. The van der Waals surface area contributed by atoms with Gasteiger partial charge in [0.05, 0.1) is 13.3 Å². The first-order valence-corrected chi connectivity index (χ1v) is 9.20. The van der Waals surface area contributed by atoms with Crippen LogP contribution in [0.25, 0.3) is 0 Å². The van der Waals surface area contributed by atoms with Crippen molar-refractivity contribution < 1.29 is 23.5 Å². The van der Waals surface area contributed by atoms with Crippen LogP contribution in [0, 0.1) is 5.82 Å². The van der Waals surface area contributed by atoms with E-state index in [-0.39, 0.29) is 12.4 Å². The molecule has 2 amide bonds. The molecule has 0 aliphatic carbocycles. The number of methoxy groups -OCH3 is 1. The van der Waals surface area contributed by atoms with Crippen molar-refractivity contribution in [1.82, 2.24) is 10.7 Å². The van der Waals surface area contributed by atoms with E-state index in [9.17, 15) is 14.0 Å². The van der Waals surface area contributed by atoms with Crippen molar-refractivity contribution in [2.24, 2.45) is 5.10 Å². The molecule has 0 aromatic heterocycles. The molecule has 0 radical (unpaired) electrons. The lowest BCUT2D eigenvalue weighted by molar-refractivity contribution is -0.139. The molecular formula is C21H24FN3O4. The normalized spacial score (nSPS) is 10.6. The van der Waals surface area contributed by atoms with Crippen molar-refractivity contribution in [2.45, 2.75) is 26.4 Å². The number of hydrogen-bond donors (Lipinski definition) is 2. The van der Waals surface area contributed by atoms with Crippen LogP contribution in [0.1, 0.15) is 30.9 Å². The van der Waals surface area contributed by atoms with Crippen LogP contribution in [-0.2, 0) is 16.2 Å². The Morgan fingerprint density at radius 3 is 2.69 bits per heavy atom. The number of halogens is 1. The molecule has 0 unspecified atom stereocenters. The van der Waals surface area contributed by atoms with E-state index in [0.717, 1.165) is 12.8 Å². The number of nitrogens with one attached hydrogen (secondary N) is 2. The van der Waals surface area contributed by atoms with E-state index in [0.29, 0.717) is 29.2 Å². The predicted octanol–water partition coefficient (Wildman–Crippen LogP) is 2.78. The number of nitrogens with zero attached hydrogens (tertiary/aromatic N) is 1. The summed E-state index contributed by atoms with van der Waals surface area (Å²) in [6.45, 7) is 2.62. The second-order valence-corrected chi connectivity index (χ2v) is 6.14. The first kappa shape index (κ1) is 21.9. The van der Waals surface area contributed by atoms with Gasteiger partial charge >= 0.3 is 11.8 Å². The highest BCUT2D eigenvalue weighted by Crippen LogP contribution is 2.28. The molecule has 0 aliphatic rings. The summed E-state index contributed by atoms with van der Waals surface area (Å²) in [4.78, 5) is 23.2. The number of carbonyl (C=O) groups excluding carboxylic acids is 2. The maximum atomic E-state index is 13.2. The monoisotopic (exact) mass is 401 g/mol. The van der Waals surface area contributed by atoms with Gasteiger partial charge in [-0.15, -0.1) is 0 Å². The van der Waals surface area contributed by atoms with Gasteiger partial charge in [-0.3, -0.25) is 9.59 Å². The first-order chi connectivity index (χ1) is 14.0. The van der Waals surface area contributed by atoms with Gasteiger partial charge in [-0.2, -0.15) is 5.10 Å². The smallest absolute Gasteiger partial charge is 0.329 e. The van der Waals surface area contributed by atoms with E-state index in [1.54, 1.807) is 30.3 Å². The third-order valence-corrected chi connectivity index (χ3v) is 3.87. The molecule has 0 saturated carbocycles. The fourth-order valence-electron chi connectivity index (χ4n) is 2.35. The molecule has 0 heterocycles. The number of hydrazone groups is 1.